The molecule has 10 heteroatoms. The zero-order valence-corrected chi connectivity index (χ0v) is 15.0. The number of hydrogen-bond acceptors (Lipinski definition) is 3. The predicted octanol–water partition coefficient (Wildman–Crippen LogP) is 4.64. The van der Waals surface area contributed by atoms with Crippen LogP contribution in [0.1, 0.15) is 29.2 Å². The number of nitrogens with two attached hydrogens (primary N) is 1. The Bertz CT molecular complexity index is 834. The zero-order valence-electron chi connectivity index (χ0n) is 15.0. The summed E-state index contributed by atoms with van der Waals surface area (Å²) in [7, 11) is 0. The lowest BCUT2D eigenvalue weighted by Gasteiger charge is -2.35. The Balaban J connectivity index is 2.70. The van der Waals surface area contributed by atoms with Gasteiger partial charge in [-0.2, -0.15) is 26.3 Å². The highest BCUT2D eigenvalue weighted by molar-refractivity contribution is 5.65. The molecule has 0 saturated heterocycles. The molecule has 0 aliphatic heterocycles. The smallest absolute Gasteiger partial charge is 0.416 e. The van der Waals surface area contributed by atoms with E-state index >= 15 is 0 Å². The number of ether oxygens (including phenoxy) is 1. The van der Waals surface area contributed by atoms with Gasteiger partial charge in [0.2, 0.25) is 0 Å². The minimum atomic E-state index is -5.10. The van der Waals surface area contributed by atoms with Crippen molar-refractivity contribution < 1.29 is 41.0 Å². The molecule has 2 aromatic carbocycles. The second-order valence-corrected chi connectivity index (χ2v) is 6.46. The van der Waals surface area contributed by atoms with E-state index in [2.05, 4.69) is 0 Å². The number of hydrogen-bond donors (Lipinski definition) is 2. The first-order chi connectivity index (χ1) is 13.2. The molecule has 0 heterocycles. The van der Waals surface area contributed by atoms with E-state index in [4.69, 9.17) is 10.5 Å². The van der Waals surface area contributed by atoms with Crippen LogP contribution in [0.4, 0.5) is 31.1 Å². The minimum Gasteiger partial charge on any atom is -0.443 e. The number of rotatable bonds is 5. The van der Waals surface area contributed by atoms with E-state index in [0.717, 1.165) is 6.92 Å². The molecule has 0 aliphatic rings. The second-order valence-electron chi connectivity index (χ2n) is 6.46. The number of amides is 1. The van der Waals surface area contributed by atoms with Gasteiger partial charge in [0, 0.05) is 6.42 Å². The van der Waals surface area contributed by atoms with Crippen LogP contribution in [0, 0.1) is 0 Å². The van der Waals surface area contributed by atoms with Crippen LogP contribution in [0.2, 0.25) is 0 Å². The number of aliphatic hydroxyl groups is 1. The van der Waals surface area contributed by atoms with Crippen LogP contribution in [0.3, 0.4) is 0 Å². The fourth-order valence-electron chi connectivity index (χ4n) is 2.86. The van der Waals surface area contributed by atoms with E-state index in [9.17, 15) is 36.2 Å². The summed E-state index contributed by atoms with van der Waals surface area (Å²) in [5.74, 6) is 0. The van der Waals surface area contributed by atoms with E-state index < -0.39 is 53.3 Å². The van der Waals surface area contributed by atoms with E-state index in [0.29, 0.717) is 17.7 Å². The average Bonchev–Trinajstić information content (AvgIpc) is 2.60. The normalized spacial score (nSPS) is 15.4. The van der Waals surface area contributed by atoms with E-state index in [1.807, 2.05) is 0 Å². The molecule has 2 unspecified atom stereocenters. The first-order valence-corrected chi connectivity index (χ1v) is 8.26. The quantitative estimate of drug-likeness (QED) is 0.691. The van der Waals surface area contributed by atoms with Crippen molar-refractivity contribution in [3.05, 3.63) is 70.8 Å². The number of benzene rings is 2. The Labute approximate surface area is 161 Å². The Kier molecular flexibility index (Phi) is 6.17. The molecule has 0 aromatic heterocycles. The van der Waals surface area contributed by atoms with Gasteiger partial charge in [-0.3, -0.25) is 0 Å². The summed E-state index contributed by atoms with van der Waals surface area (Å²) in [4.78, 5) is 11.1. The molecular weight excluding hydrogens is 404 g/mol. The maximum atomic E-state index is 13.2. The third kappa shape index (κ3) is 5.41. The molecule has 0 bridgehead atoms. The third-order valence-electron chi connectivity index (χ3n) is 4.37. The van der Waals surface area contributed by atoms with Crippen LogP contribution < -0.4 is 5.73 Å². The fraction of sp³-hybridized carbons (Fsp3) is 0.316. The van der Waals surface area contributed by atoms with Crippen molar-refractivity contribution in [1.82, 2.24) is 0 Å². The van der Waals surface area contributed by atoms with Crippen molar-refractivity contribution in [2.75, 3.05) is 0 Å². The summed E-state index contributed by atoms with van der Waals surface area (Å²) >= 11 is 0. The predicted molar refractivity (Wildman–Crippen MR) is 90.6 cm³/mol. The SMILES string of the molecule is CC(OC(N)=O)C(O)(Cc1ccccc1)c1cc(C(F)(F)F)cc(C(F)(F)F)c1. The van der Waals surface area contributed by atoms with Crippen molar-refractivity contribution in [2.24, 2.45) is 5.73 Å². The van der Waals surface area contributed by atoms with Gasteiger partial charge in [-0.1, -0.05) is 30.3 Å². The summed E-state index contributed by atoms with van der Waals surface area (Å²) in [6.45, 7) is 1.13. The largest absolute Gasteiger partial charge is 0.443 e. The zero-order chi connectivity index (χ0) is 22.0. The molecule has 158 valence electrons. The van der Waals surface area contributed by atoms with E-state index in [1.54, 1.807) is 18.2 Å². The van der Waals surface area contributed by atoms with E-state index in [-0.39, 0.29) is 6.07 Å². The molecule has 1 amide bonds. The number of carbonyl (C=O) groups is 1. The number of alkyl halides is 6. The summed E-state index contributed by atoms with van der Waals surface area (Å²) in [6, 6.07) is 8.56. The topological polar surface area (TPSA) is 72.5 Å². The maximum absolute atomic E-state index is 13.2. The summed E-state index contributed by atoms with van der Waals surface area (Å²) in [5, 5.41) is 11.2. The molecule has 2 atom stereocenters. The van der Waals surface area contributed by atoms with Crippen LogP contribution in [-0.2, 0) is 29.1 Å². The molecule has 2 aromatic rings. The van der Waals surface area contributed by atoms with Gasteiger partial charge in [-0.15, -0.1) is 0 Å². The molecule has 0 aliphatic carbocycles. The van der Waals surface area contributed by atoms with Crippen LogP contribution in [0.25, 0.3) is 0 Å². The summed E-state index contributed by atoms with van der Waals surface area (Å²) < 4.78 is 84.0. The van der Waals surface area contributed by atoms with Crippen LogP contribution >= 0.6 is 0 Å². The summed E-state index contributed by atoms with van der Waals surface area (Å²) in [6.07, 6.45) is -13.5. The molecule has 0 fully saturated rings. The Morgan fingerprint density at radius 1 is 0.966 bits per heavy atom. The first-order valence-electron chi connectivity index (χ1n) is 8.26. The maximum Gasteiger partial charge on any atom is 0.416 e. The fourth-order valence-corrected chi connectivity index (χ4v) is 2.86. The van der Waals surface area contributed by atoms with Gasteiger partial charge in [0.1, 0.15) is 11.7 Å². The molecule has 3 N–H and O–H groups in total. The van der Waals surface area contributed by atoms with Crippen molar-refractivity contribution in [2.45, 2.75) is 37.4 Å². The molecular formula is C19H17F6NO3. The minimum absolute atomic E-state index is 0.0496. The Hall–Kier alpha value is -2.75. The van der Waals surface area contributed by atoms with Crippen LogP contribution in [-0.4, -0.2) is 17.3 Å². The van der Waals surface area contributed by atoms with Crippen molar-refractivity contribution in [1.29, 1.82) is 0 Å². The van der Waals surface area contributed by atoms with Gasteiger partial charge in [0.25, 0.3) is 0 Å². The van der Waals surface area contributed by atoms with Gasteiger partial charge in [0.15, 0.2) is 0 Å². The van der Waals surface area contributed by atoms with E-state index in [1.165, 1.54) is 12.1 Å². The molecule has 0 radical (unpaired) electrons. The number of primary amides is 1. The Morgan fingerprint density at radius 2 is 1.41 bits per heavy atom. The highest BCUT2D eigenvalue weighted by Gasteiger charge is 2.43. The van der Waals surface area contributed by atoms with Gasteiger partial charge >= 0.3 is 18.4 Å². The van der Waals surface area contributed by atoms with Crippen LogP contribution in [0.15, 0.2) is 48.5 Å². The third-order valence-corrected chi connectivity index (χ3v) is 4.37. The number of halogens is 6. The highest BCUT2D eigenvalue weighted by Crippen LogP contribution is 2.40. The van der Waals surface area contributed by atoms with Gasteiger partial charge in [-0.25, -0.2) is 4.79 Å². The van der Waals surface area contributed by atoms with Crippen molar-refractivity contribution >= 4 is 6.09 Å². The van der Waals surface area contributed by atoms with Gasteiger partial charge in [-0.05, 0) is 36.2 Å². The molecule has 4 nitrogen and oxygen atoms in total. The van der Waals surface area contributed by atoms with Crippen molar-refractivity contribution in [3.63, 3.8) is 0 Å². The lowest BCUT2D eigenvalue weighted by atomic mass is 9.81. The second kappa shape index (κ2) is 7.94. The molecule has 29 heavy (non-hydrogen) atoms. The molecule has 0 spiro atoms. The lowest BCUT2D eigenvalue weighted by molar-refractivity contribution is -0.143. The van der Waals surface area contributed by atoms with Gasteiger partial charge in [0.05, 0.1) is 11.1 Å². The lowest BCUT2D eigenvalue weighted by Crippen LogP contribution is -2.43. The number of carbonyl (C=O) groups excluding carboxylic acids is 1. The molecule has 0 saturated carbocycles. The Morgan fingerprint density at radius 3 is 1.83 bits per heavy atom. The standard InChI is InChI=1S/C19H17F6NO3/c1-11(29-16(26)27)17(28,10-12-5-3-2-4-6-12)13-7-14(18(20,21)22)9-15(8-13)19(23,24)25/h2-9,11,28H,10H2,1H3,(H2,26,27). The monoisotopic (exact) mass is 421 g/mol. The first kappa shape index (κ1) is 22.5. The highest BCUT2D eigenvalue weighted by atomic mass is 19.4. The van der Waals surface area contributed by atoms with Crippen LogP contribution in [0.5, 0.6) is 0 Å². The molecule has 2 rings (SSSR count). The van der Waals surface area contributed by atoms with Crippen molar-refractivity contribution in [3.8, 4) is 0 Å². The van der Waals surface area contributed by atoms with Gasteiger partial charge < -0.3 is 15.6 Å². The average molecular weight is 421 g/mol. The summed E-state index contributed by atoms with van der Waals surface area (Å²) in [5.41, 5.74) is -1.01.